The quantitative estimate of drug-likeness (QED) is 0.926. The molecule has 110 valence electrons. The van der Waals surface area contributed by atoms with E-state index in [1.165, 1.54) is 18.1 Å². The van der Waals surface area contributed by atoms with E-state index in [9.17, 15) is 18.0 Å². The van der Waals surface area contributed by atoms with Crippen molar-refractivity contribution in [1.82, 2.24) is 0 Å². The molecule has 0 saturated carbocycles. The third-order valence-corrected chi connectivity index (χ3v) is 3.34. The number of alkyl halides is 3. The van der Waals surface area contributed by atoms with E-state index in [-0.39, 0.29) is 29.7 Å². The van der Waals surface area contributed by atoms with Crippen LogP contribution < -0.4 is 15.4 Å². The lowest BCUT2D eigenvalue weighted by Gasteiger charge is -2.21. The first-order valence-electron chi connectivity index (χ1n) is 6.12. The van der Waals surface area contributed by atoms with E-state index in [1.54, 1.807) is 0 Å². The highest BCUT2D eigenvalue weighted by molar-refractivity contribution is 5.97. The fourth-order valence-corrected chi connectivity index (χ4v) is 2.25. The smallest absolute Gasteiger partial charge is 0.416 e. The second kappa shape index (κ2) is 5.32. The Morgan fingerprint density at radius 1 is 1.45 bits per heavy atom. The van der Waals surface area contributed by atoms with Crippen LogP contribution in [-0.2, 0) is 11.0 Å². The minimum absolute atomic E-state index is 0.0400. The van der Waals surface area contributed by atoms with Gasteiger partial charge in [0.25, 0.3) is 0 Å². The van der Waals surface area contributed by atoms with Crippen LogP contribution >= 0.6 is 0 Å². The summed E-state index contributed by atoms with van der Waals surface area (Å²) in [6.07, 6.45) is -4.22. The maximum Gasteiger partial charge on any atom is 0.416 e. The molecular weight excluding hydrogens is 273 g/mol. The lowest BCUT2D eigenvalue weighted by Crippen LogP contribution is -2.26. The van der Waals surface area contributed by atoms with Crippen molar-refractivity contribution < 1.29 is 22.7 Å². The number of anilines is 1. The molecule has 0 bridgehead atoms. The van der Waals surface area contributed by atoms with Crippen molar-refractivity contribution in [3.8, 4) is 5.75 Å². The molecule has 20 heavy (non-hydrogen) atoms. The van der Waals surface area contributed by atoms with E-state index >= 15 is 0 Å². The molecule has 1 unspecified atom stereocenters. The molecule has 2 N–H and O–H groups in total. The molecule has 2 rings (SSSR count). The van der Waals surface area contributed by atoms with Crippen molar-refractivity contribution in [2.45, 2.75) is 12.6 Å². The number of ether oxygens (including phenoxy) is 1. The van der Waals surface area contributed by atoms with Gasteiger partial charge in [0.1, 0.15) is 5.75 Å². The minimum atomic E-state index is -4.46. The Balaban J connectivity index is 2.41. The van der Waals surface area contributed by atoms with Gasteiger partial charge in [0.05, 0.1) is 18.4 Å². The van der Waals surface area contributed by atoms with E-state index < -0.39 is 11.7 Å². The highest BCUT2D eigenvalue weighted by Gasteiger charge is 2.35. The third-order valence-electron chi connectivity index (χ3n) is 3.34. The molecule has 1 heterocycles. The number of carbonyl (C=O) groups is 1. The number of nitrogens with zero attached hydrogens (tertiary/aromatic N) is 1. The van der Waals surface area contributed by atoms with Gasteiger partial charge in [0, 0.05) is 13.0 Å². The SMILES string of the molecule is COc1ccc(C(F)(F)F)cc1N1CC(CN)CC1=O. The zero-order valence-electron chi connectivity index (χ0n) is 10.9. The van der Waals surface area contributed by atoms with Crippen molar-refractivity contribution >= 4 is 11.6 Å². The summed E-state index contributed by atoms with van der Waals surface area (Å²) in [7, 11) is 1.35. The lowest BCUT2D eigenvalue weighted by molar-refractivity contribution is -0.137. The van der Waals surface area contributed by atoms with Gasteiger partial charge in [-0.15, -0.1) is 0 Å². The summed E-state index contributed by atoms with van der Waals surface area (Å²) in [5, 5.41) is 0. The Hall–Kier alpha value is -1.76. The van der Waals surface area contributed by atoms with E-state index in [0.717, 1.165) is 12.1 Å². The highest BCUT2D eigenvalue weighted by atomic mass is 19.4. The van der Waals surface area contributed by atoms with E-state index in [2.05, 4.69) is 0 Å². The molecule has 1 aromatic rings. The summed E-state index contributed by atoms with van der Waals surface area (Å²) >= 11 is 0. The van der Waals surface area contributed by atoms with Crippen LogP contribution in [0.2, 0.25) is 0 Å². The number of hydrogen-bond acceptors (Lipinski definition) is 3. The molecule has 1 aliphatic heterocycles. The largest absolute Gasteiger partial charge is 0.495 e. The molecule has 0 radical (unpaired) electrons. The maximum absolute atomic E-state index is 12.8. The Labute approximate surface area is 114 Å². The number of methoxy groups -OCH3 is 1. The molecule has 1 amide bonds. The van der Waals surface area contributed by atoms with Gasteiger partial charge in [0.2, 0.25) is 5.91 Å². The molecule has 1 fully saturated rings. The number of carbonyl (C=O) groups excluding carboxylic acids is 1. The maximum atomic E-state index is 12.8. The molecule has 1 aromatic carbocycles. The lowest BCUT2D eigenvalue weighted by atomic mass is 10.1. The van der Waals surface area contributed by atoms with Gasteiger partial charge in [-0.1, -0.05) is 0 Å². The van der Waals surface area contributed by atoms with E-state index in [4.69, 9.17) is 10.5 Å². The summed E-state index contributed by atoms with van der Waals surface area (Å²) in [5.74, 6) is -0.0381. The van der Waals surface area contributed by atoms with E-state index in [1.807, 2.05) is 0 Å². The first-order valence-corrected chi connectivity index (χ1v) is 6.12. The summed E-state index contributed by atoms with van der Waals surface area (Å²) in [6.45, 7) is 0.635. The average molecular weight is 288 g/mol. The topological polar surface area (TPSA) is 55.6 Å². The standard InChI is InChI=1S/C13H15F3N2O2/c1-20-11-3-2-9(13(14,15)16)5-10(11)18-7-8(6-17)4-12(18)19/h2-3,5,8H,4,6-7,17H2,1H3. The molecule has 0 aromatic heterocycles. The molecular formula is C13H15F3N2O2. The molecule has 0 aliphatic carbocycles. The predicted octanol–water partition coefficient (Wildman–Crippen LogP) is 2.03. The first kappa shape index (κ1) is 14.6. The molecule has 4 nitrogen and oxygen atoms in total. The number of benzene rings is 1. The first-order chi connectivity index (χ1) is 9.36. The van der Waals surface area contributed by atoms with Gasteiger partial charge in [-0.25, -0.2) is 0 Å². The Morgan fingerprint density at radius 3 is 2.65 bits per heavy atom. The summed E-state index contributed by atoms with van der Waals surface area (Å²) in [5.41, 5.74) is 4.85. The van der Waals surface area contributed by atoms with Crippen LogP contribution in [0.3, 0.4) is 0 Å². The fourth-order valence-electron chi connectivity index (χ4n) is 2.25. The number of halogens is 3. The van der Waals surface area contributed by atoms with Gasteiger partial charge < -0.3 is 15.4 Å². The number of nitrogens with two attached hydrogens (primary N) is 1. The second-order valence-electron chi connectivity index (χ2n) is 4.69. The second-order valence-corrected chi connectivity index (χ2v) is 4.69. The van der Waals surface area contributed by atoms with Gasteiger partial charge in [-0.3, -0.25) is 4.79 Å². The normalized spacial score (nSPS) is 19.6. The summed E-state index contributed by atoms with van der Waals surface area (Å²) < 4.78 is 43.3. The zero-order chi connectivity index (χ0) is 14.9. The van der Waals surface area contributed by atoms with Crippen LogP contribution in [0.15, 0.2) is 18.2 Å². The Bertz CT molecular complexity index is 517. The van der Waals surface area contributed by atoms with Crippen LogP contribution in [-0.4, -0.2) is 26.1 Å². The van der Waals surface area contributed by atoms with Gasteiger partial charge >= 0.3 is 6.18 Å². The van der Waals surface area contributed by atoms with Crippen LogP contribution in [0, 0.1) is 5.92 Å². The summed E-state index contributed by atoms with van der Waals surface area (Å²) in [6, 6.07) is 3.10. The molecule has 1 aliphatic rings. The van der Waals surface area contributed by atoms with Crippen molar-refractivity contribution in [2.24, 2.45) is 11.7 Å². The van der Waals surface area contributed by atoms with E-state index in [0.29, 0.717) is 13.1 Å². The number of rotatable bonds is 3. The molecule has 0 spiro atoms. The minimum Gasteiger partial charge on any atom is -0.495 e. The van der Waals surface area contributed by atoms with Crippen LogP contribution in [0.1, 0.15) is 12.0 Å². The van der Waals surface area contributed by atoms with Crippen LogP contribution in [0.25, 0.3) is 0 Å². The monoisotopic (exact) mass is 288 g/mol. The molecule has 7 heteroatoms. The average Bonchev–Trinajstić information content (AvgIpc) is 2.78. The summed E-state index contributed by atoms with van der Waals surface area (Å²) in [4.78, 5) is 13.2. The van der Waals surface area contributed by atoms with Crippen molar-refractivity contribution in [3.05, 3.63) is 23.8 Å². The zero-order valence-corrected chi connectivity index (χ0v) is 10.9. The number of hydrogen-bond donors (Lipinski definition) is 1. The van der Waals surface area contributed by atoms with Crippen molar-refractivity contribution in [3.63, 3.8) is 0 Å². The van der Waals surface area contributed by atoms with Crippen LogP contribution in [0.4, 0.5) is 18.9 Å². The third kappa shape index (κ3) is 2.72. The van der Waals surface area contributed by atoms with Crippen molar-refractivity contribution in [2.75, 3.05) is 25.1 Å². The molecule has 1 atom stereocenters. The van der Waals surface area contributed by atoms with Gasteiger partial charge in [0.15, 0.2) is 0 Å². The Morgan fingerprint density at radius 2 is 2.15 bits per heavy atom. The van der Waals surface area contributed by atoms with Gasteiger partial charge in [-0.05, 0) is 30.7 Å². The van der Waals surface area contributed by atoms with Gasteiger partial charge in [-0.2, -0.15) is 13.2 Å². The highest BCUT2D eigenvalue weighted by Crippen LogP contribution is 2.38. The Kier molecular flexibility index (Phi) is 3.89. The molecule has 1 saturated heterocycles. The van der Waals surface area contributed by atoms with Crippen molar-refractivity contribution in [1.29, 1.82) is 0 Å². The predicted molar refractivity (Wildman–Crippen MR) is 67.5 cm³/mol. The van der Waals surface area contributed by atoms with Crippen LogP contribution in [0.5, 0.6) is 5.75 Å². The number of amides is 1. The fraction of sp³-hybridized carbons (Fsp3) is 0.462.